The van der Waals surface area contributed by atoms with Gasteiger partial charge in [0.25, 0.3) is 5.69 Å². The van der Waals surface area contributed by atoms with E-state index >= 15 is 0 Å². The van der Waals surface area contributed by atoms with Crippen LogP contribution in [0, 0.1) is 10.1 Å². The SMILES string of the molecule is CCCNc1cc(N(C)Cc2cccs2)cc([N+](=O)[O-])c1. The van der Waals surface area contributed by atoms with Gasteiger partial charge in [-0.1, -0.05) is 13.0 Å². The first-order valence-corrected chi connectivity index (χ1v) is 7.75. The topological polar surface area (TPSA) is 58.4 Å². The summed E-state index contributed by atoms with van der Waals surface area (Å²) in [5.74, 6) is 0. The normalized spacial score (nSPS) is 10.4. The van der Waals surface area contributed by atoms with Crippen LogP contribution in [0.5, 0.6) is 0 Å². The molecule has 1 aromatic heterocycles. The van der Waals surface area contributed by atoms with Gasteiger partial charge in [-0.15, -0.1) is 11.3 Å². The Bertz CT molecular complexity index is 599. The average molecular weight is 305 g/mol. The highest BCUT2D eigenvalue weighted by atomic mass is 32.1. The molecule has 2 rings (SSSR count). The summed E-state index contributed by atoms with van der Waals surface area (Å²) in [4.78, 5) is 14.0. The first-order valence-electron chi connectivity index (χ1n) is 6.87. The highest BCUT2D eigenvalue weighted by Gasteiger charge is 2.12. The summed E-state index contributed by atoms with van der Waals surface area (Å²) in [6.07, 6.45) is 0.975. The predicted molar refractivity (Wildman–Crippen MR) is 88.3 cm³/mol. The molecular weight excluding hydrogens is 286 g/mol. The minimum atomic E-state index is -0.348. The summed E-state index contributed by atoms with van der Waals surface area (Å²) in [5, 5.41) is 16.3. The molecule has 1 heterocycles. The van der Waals surface area contributed by atoms with Gasteiger partial charge in [0.2, 0.25) is 0 Å². The highest BCUT2D eigenvalue weighted by molar-refractivity contribution is 7.09. The number of hydrogen-bond acceptors (Lipinski definition) is 5. The molecule has 5 nitrogen and oxygen atoms in total. The lowest BCUT2D eigenvalue weighted by Crippen LogP contribution is -2.16. The van der Waals surface area contributed by atoms with E-state index in [2.05, 4.69) is 18.3 Å². The maximum atomic E-state index is 11.1. The zero-order chi connectivity index (χ0) is 15.2. The summed E-state index contributed by atoms with van der Waals surface area (Å²) in [6.45, 7) is 3.61. The van der Waals surface area contributed by atoms with Crippen LogP contribution in [0.3, 0.4) is 0 Å². The fourth-order valence-corrected chi connectivity index (χ4v) is 2.78. The van der Waals surface area contributed by atoms with Crippen LogP contribution in [0.15, 0.2) is 35.7 Å². The lowest BCUT2D eigenvalue weighted by Gasteiger charge is -2.19. The molecule has 0 radical (unpaired) electrons. The van der Waals surface area contributed by atoms with Crippen molar-refractivity contribution in [1.82, 2.24) is 0 Å². The van der Waals surface area contributed by atoms with Crippen molar-refractivity contribution in [3.05, 3.63) is 50.7 Å². The Kier molecular flexibility index (Phi) is 5.16. The van der Waals surface area contributed by atoms with E-state index in [0.29, 0.717) is 0 Å². The van der Waals surface area contributed by atoms with Crippen molar-refractivity contribution in [1.29, 1.82) is 0 Å². The molecule has 0 aliphatic heterocycles. The van der Waals surface area contributed by atoms with E-state index in [9.17, 15) is 10.1 Å². The number of nitro groups is 1. The minimum Gasteiger partial charge on any atom is -0.385 e. The van der Waals surface area contributed by atoms with Gasteiger partial charge >= 0.3 is 0 Å². The van der Waals surface area contributed by atoms with E-state index in [1.54, 1.807) is 23.5 Å². The van der Waals surface area contributed by atoms with E-state index in [4.69, 9.17) is 0 Å². The second-order valence-electron chi connectivity index (χ2n) is 4.86. The monoisotopic (exact) mass is 305 g/mol. The van der Waals surface area contributed by atoms with E-state index < -0.39 is 0 Å². The van der Waals surface area contributed by atoms with Crippen molar-refractivity contribution in [3.63, 3.8) is 0 Å². The Morgan fingerprint density at radius 3 is 2.81 bits per heavy atom. The molecule has 21 heavy (non-hydrogen) atoms. The Morgan fingerprint density at radius 1 is 1.38 bits per heavy atom. The first kappa shape index (κ1) is 15.3. The molecule has 0 aliphatic carbocycles. The number of rotatable bonds is 7. The second-order valence-corrected chi connectivity index (χ2v) is 5.89. The third kappa shape index (κ3) is 4.19. The Balaban J connectivity index is 2.23. The summed E-state index contributed by atoms with van der Waals surface area (Å²) < 4.78 is 0. The summed E-state index contributed by atoms with van der Waals surface area (Å²) in [6, 6.07) is 9.23. The number of non-ortho nitro benzene ring substituents is 1. The van der Waals surface area contributed by atoms with Crippen molar-refractivity contribution in [2.24, 2.45) is 0 Å². The Morgan fingerprint density at radius 2 is 2.19 bits per heavy atom. The quantitative estimate of drug-likeness (QED) is 0.617. The molecule has 0 saturated carbocycles. The number of thiophene rings is 1. The molecular formula is C15H19N3O2S. The van der Waals surface area contributed by atoms with Crippen LogP contribution in [0.2, 0.25) is 0 Å². The van der Waals surface area contributed by atoms with Gasteiger partial charge in [0, 0.05) is 42.0 Å². The van der Waals surface area contributed by atoms with Crippen molar-refractivity contribution in [2.75, 3.05) is 23.8 Å². The number of nitro benzene ring substituents is 1. The van der Waals surface area contributed by atoms with Gasteiger partial charge in [0.05, 0.1) is 11.5 Å². The van der Waals surface area contributed by atoms with Crippen molar-refractivity contribution < 1.29 is 4.92 Å². The molecule has 2 aromatic rings. The van der Waals surface area contributed by atoms with Gasteiger partial charge in [-0.3, -0.25) is 10.1 Å². The third-order valence-electron chi connectivity index (χ3n) is 3.11. The summed E-state index contributed by atoms with van der Waals surface area (Å²) in [5.41, 5.74) is 1.75. The van der Waals surface area contributed by atoms with Crippen LogP contribution in [-0.2, 0) is 6.54 Å². The van der Waals surface area contributed by atoms with Gasteiger partial charge in [0.15, 0.2) is 0 Å². The van der Waals surface area contributed by atoms with Gasteiger partial charge < -0.3 is 10.2 Å². The largest absolute Gasteiger partial charge is 0.385 e. The van der Waals surface area contributed by atoms with Crippen LogP contribution >= 0.6 is 11.3 Å². The van der Waals surface area contributed by atoms with E-state index in [-0.39, 0.29) is 10.6 Å². The maximum absolute atomic E-state index is 11.1. The summed E-state index contributed by atoms with van der Waals surface area (Å²) >= 11 is 1.68. The molecule has 0 unspecified atom stereocenters. The van der Waals surface area contributed by atoms with E-state index in [1.165, 1.54) is 4.88 Å². The van der Waals surface area contributed by atoms with Crippen molar-refractivity contribution in [3.8, 4) is 0 Å². The average Bonchev–Trinajstić information content (AvgIpc) is 2.97. The lowest BCUT2D eigenvalue weighted by molar-refractivity contribution is -0.384. The molecule has 1 N–H and O–H groups in total. The first-order chi connectivity index (χ1) is 10.1. The minimum absolute atomic E-state index is 0.115. The van der Waals surface area contributed by atoms with Gasteiger partial charge in [-0.2, -0.15) is 0 Å². The van der Waals surface area contributed by atoms with Crippen LogP contribution in [0.25, 0.3) is 0 Å². The van der Waals surface area contributed by atoms with Crippen molar-refractivity contribution >= 4 is 28.4 Å². The summed E-state index contributed by atoms with van der Waals surface area (Å²) in [7, 11) is 1.95. The molecule has 0 atom stereocenters. The van der Waals surface area contributed by atoms with Crippen LogP contribution in [0.4, 0.5) is 17.1 Å². The molecule has 0 saturated heterocycles. The van der Waals surface area contributed by atoms with Gasteiger partial charge in [-0.25, -0.2) is 0 Å². The smallest absolute Gasteiger partial charge is 0.273 e. The fraction of sp³-hybridized carbons (Fsp3) is 0.333. The molecule has 0 amide bonds. The Hall–Kier alpha value is -2.08. The van der Waals surface area contributed by atoms with Crippen LogP contribution in [-0.4, -0.2) is 18.5 Å². The predicted octanol–water partition coefficient (Wildman–Crippen LogP) is 4.11. The third-order valence-corrected chi connectivity index (χ3v) is 3.97. The molecule has 0 aliphatic rings. The molecule has 112 valence electrons. The molecule has 0 bridgehead atoms. The van der Waals surface area contributed by atoms with Gasteiger partial charge in [0.1, 0.15) is 0 Å². The zero-order valence-corrected chi connectivity index (χ0v) is 13.0. The zero-order valence-electron chi connectivity index (χ0n) is 12.2. The number of hydrogen-bond donors (Lipinski definition) is 1. The van der Waals surface area contributed by atoms with E-state index in [1.807, 2.05) is 29.5 Å². The molecule has 0 spiro atoms. The molecule has 0 fully saturated rings. The maximum Gasteiger partial charge on any atom is 0.273 e. The molecule has 1 aromatic carbocycles. The number of nitrogens with one attached hydrogen (secondary N) is 1. The van der Waals surface area contributed by atoms with E-state index in [0.717, 1.165) is 30.9 Å². The fourth-order valence-electron chi connectivity index (χ4n) is 2.02. The van der Waals surface area contributed by atoms with Gasteiger partial charge in [-0.05, 0) is 23.9 Å². The number of nitrogens with zero attached hydrogens (tertiary/aromatic N) is 2. The lowest BCUT2D eigenvalue weighted by atomic mass is 10.2. The standard InChI is InChI=1S/C15H19N3O2S/c1-3-6-16-12-8-13(10-14(9-12)18(19)20)17(2)11-15-5-4-7-21-15/h4-5,7-10,16H,3,6,11H2,1-2H3. The molecule has 6 heteroatoms. The van der Waals surface area contributed by atoms with Crippen molar-refractivity contribution in [2.45, 2.75) is 19.9 Å². The second kappa shape index (κ2) is 7.08. The number of anilines is 2. The number of benzene rings is 1. The highest BCUT2D eigenvalue weighted by Crippen LogP contribution is 2.28. The Labute approximate surface area is 128 Å². The van der Waals surface area contributed by atoms with Crippen LogP contribution < -0.4 is 10.2 Å². The van der Waals surface area contributed by atoms with Crippen LogP contribution in [0.1, 0.15) is 18.2 Å².